The molecule has 1 amide bonds. The summed E-state index contributed by atoms with van der Waals surface area (Å²) in [4.78, 5) is 17.6. The summed E-state index contributed by atoms with van der Waals surface area (Å²) in [6.07, 6.45) is -3.99. The van der Waals surface area contributed by atoms with Gasteiger partial charge in [0.25, 0.3) is 0 Å². The minimum Gasteiger partial charge on any atom is -0.301 e. The van der Waals surface area contributed by atoms with Crippen LogP contribution in [0.3, 0.4) is 0 Å². The van der Waals surface area contributed by atoms with Crippen molar-refractivity contribution in [3.63, 3.8) is 0 Å². The molecule has 2 heterocycles. The highest BCUT2D eigenvalue weighted by atomic mass is 32.1. The Bertz CT molecular complexity index is 467. The van der Waals surface area contributed by atoms with Crippen molar-refractivity contribution in [3.05, 3.63) is 11.1 Å². The lowest BCUT2D eigenvalue weighted by Crippen LogP contribution is -2.42. The van der Waals surface area contributed by atoms with Crippen LogP contribution in [0.5, 0.6) is 0 Å². The van der Waals surface area contributed by atoms with Crippen molar-refractivity contribution in [2.24, 2.45) is 5.92 Å². The number of nitrogens with one attached hydrogen (secondary N) is 1. The van der Waals surface area contributed by atoms with Crippen LogP contribution in [0.4, 0.5) is 18.3 Å². The van der Waals surface area contributed by atoms with Gasteiger partial charge in [-0.25, -0.2) is 4.98 Å². The molecule has 2 rings (SSSR count). The summed E-state index contributed by atoms with van der Waals surface area (Å²) in [7, 11) is 0. The molecule has 1 aromatic rings. The molecule has 0 atom stereocenters. The van der Waals surface area contributed by atoms with Crippen LogP contribution >= 0.6 is 11.3 Å². The standard InChI is InChI=1S/C12H16F3N3OS/c1-8-7-20-11(16-8)17-10(19)6-18-4-2-9(3-5-18)12(13,14)15/h7,9H,2-6H2,1H3,(H,16,17,19). The molecule has 1 aliphatic rings. The van der Waals surface area contributed by atoms with E-state index in [1.165, 1.54) is 11.3 Å². The van der Waals surface area contributed by atoms with Gasteiger partial charge in [-0.15, -0.1) is 11.3 Å². The molecule has 4 nitrogen and oxygen atoms in total. The van der Waals surface area contributed by atoms with Crippen molar-refractivity contribution in [3.8, 4) is 0 Å². The summed E-state index contributed by atoms with van der Waals surface area (Å²) in [6, 6.07) is 0. The third-order valence-corrected chi connectivity index (χ3v) is 4.16. The highest BCUT2D eigenvalue weighted by molar-refractivity contribution is 7.13. The van der Waals surface area contributed by atoms with E-state index in [4.69, 9.17) is 0 Å². The molecule has 0 spiro atoms. The normalized spacial score (nSPS) is 18.2. The first-order valence-electron chi connectivity index (χ1n) is 6.35. The number of piperidine rings is 1. The number of aryl methyl sites for hydroxylation is 1. The number of nitrogens with zero attached hydrogens (tertiary/aromatic N) is 2. The van der Waals surface area contributed by atoms with Crippen LogP contribution in [-0.2, 0) is 4.79 Å². The van der Waals surface area contributed by atoms with Crippen molar-refractivity contribution in [2.45, 2.75) is 25.9 Å². The van der Waals surface area contributed by atoms with Crippen LogP contribution in [-0.4, -0.2) is 41.6 Å². The Morgan fingerprint density at radius 1 is 1.50 bits per heavy atom. The third-order valence-electron chi connectivity index (χ3n) is 3.28. The zero-order chi connectivity index (χ0) is 14.8. The summed E-state index contributed by atoms with van der Waals surface area (Å²) in [6.45, 7) is 2.54. The number of halogens is 3. The van der Waals surface area contributed by atoms with E-state index >= 15 is 0 Å². The van der Waals surface area contributed by atoms with E-state index < -0.39 is 12.1 Å². The van der Waals surface area contributed by atoms with E-state index in [1.54, 1.807) is 4.90 Å². The van der Waals surface area contributed by atoms with Gasteiger partial charge in [0.2, 0.25) is 5.91 Å². The number of amides is 1. The Kier molecular flexibility index (Phi) is 4.64. The lowest BCUT2D eigenvalue weighted by atomic mass is 9.96. The Hall–Kier alpha value is -1.15. The smallest absolute Gasteiger partial charge is 0.301 e. The predicted molar refractivity (Wildman–Crippen MR) is 70.7 cm³/mol. The number of alkyl halides is 3. The molecule has 1 aromatic heterocycles. The summed E-state index contributed by atoms with van der Waals surface area (Å²) < 4.78 is 37.5. The van der Waals surface area contributed by atoms with Gasteiger partial charge in [0.1, 0.15) is 0 Å². The number of thiazole rings is 1. The van der Waals surface area contributed by atoms with Gasteiger partial charge in [-0.2, -0.15) is 13.2 Å². The van der Waals surface area contributed by atoms with Crippen molar-refractivity contribution >= 4 is 22.4 Å². The number of hydrogen-bond acceptors (Lipinski definition) is 4. The summed E-state index contributed by atoms with van der Waals surface area (Å²) in [5.41, 5.74) is 0.830. The summed E-state index contributed by atoms with van der Waals surface area (Å²) in [5, 5.41) is 5.01. The molecule has 1 fully saturated rings. The molecular weight excluding hydrogens is 291 g/mol. The van der Waals surface area contributed by atoms with Gasteiger partial charge in [-0.3, -0.25) is 9.69 Å². The third kappa shape index (κ3) is 4.17. The lowest BCUT2D eigenvalue weighted by molar-refractivity contribution is -0.184. The summed E-state index contributed by atoms with van der Waals surface area (Å²) >= 11 is 1.33. The van der Waals surface area contributed by atoms with Gasteiger partial charge >= 0.3 is 6.18 Å². The van der Waals surface area contributed by atoms with Crippen molar-refractivity contribution < 1.29 is 18.0 Å². The molecule has 1 N–H and O–H groups in total. The van der Waals surface area contributed by atoms with Gasteiger partial charge in [0, 0.05) is 5.38 Å². The van der Waals surface area contributed by atoms with Crippen LogP contribution in [0.25, 0.3) is 0 Å². The molecule has 0 unspecified atom stereocenters. The molecule has 1 aliphatic heterocycles. The second kappa shape index (κ2) is 6.09. The SMILES string of the molecule is Cc1csc(NC(=O)CN2CCC(C(F)(F)F)CC2)n1. The van der Waals surface area contributed by atoms with E-state index in [1.807, 2.05) is 12.3 Å². The molecule has 0 aliphatic carbocycles. The Labute approximate surface area is 119 Å². The van der Waals surface area contributed by atoms with Crippen molar-refractivity contribution in [2.75, 3.05) is 25.0 Å². The molecule has 1 saturated heterocycles. The number of aromatic nitrogens is 1. The Morgan fingerprint density at radius 3 is 2.65 bits per heavy atom. The first-order chi connectivity index (χ1) is 9.34. The first kappa shape index (κ1) is 15.2. The molecule has 20 heavy (non-hydrogen) atoms. The number of carbonyl (C=O) groups excluding carboxylic acids is 1. The zero-order valence-electron chi connectivity index (χ0n) is 11.0. The Balaban J connectivity index is 1.76. The van der Waals surface area contributed by atoms with Crippen molar-refractivity contribution in [1.82, 2.24) is 9.88 Å². The van der Waals surface area contributed by atoms with E-state index in [9.17, 15) is 18.0 Å². The molecule has 8 heteroatoms. The maximum atomic E-state index is 12.5. The summed E-state index contributed by atoms with van der Waals surface area (Å²) in [5.74, 6) is -1.46. The average molecular weight is 307 g/mol. The fraction of sp³-hybridized carbons (Fsp3) is 0.667. The highest BCUT2D eigenvalue weighted by Crippen LogP contribution is 2.33. The van der Waals surface area contributed by atoms with E-state index in [0.29, 0.717) is 18.2 Å². The molecule has 0 bridgehead atoms. The van der Waals surface area contributed by atoms with Crippen molar-refractivity contribution in [1.29, 1.82) is 0 Å². The molecule has 0 radical (unpaired) electrons. The topological polar surface area (TPSA) is 45.2 Å². The van der Waals surface area contributed by atoms with Gasteiger partial charge in [0.15, 0.2) is 5.13 Å². The van der Waals surface area contributed by atoms with Crippen LogP contribution in [0.1, 0.15) is 18.5 Å². The van der Waals surface area contributed by atoms with Crippen LogP contribution in [0.2, 0.25) is 0 Å². The second-order valence-electron chi connectivity index (χ2n) is 4.93. The van der Waals surface area contributed by atoms with Crippen LogP contribution in [0, 0.1) is 12.8 Å². The maximum absolute atomic E-state index is 12.5. The Morgan fingerprint density at radius 2 is 2.15 bits per heavy atom. The molecule has 112 valence electrons. The van der Waals surface area contributed by atoms with E-state index in [0.717, 1.165) is 5.69 Å². The van der Waals surface area contributed by atoms with Gasteiger partial charge in [0.05, 0.1) is 18.2 Å². The van der Waals surface area contributed by atoms with Gasteiger partial charge in [-0.05, 0) is 32.9 Å². The maximum Gasteiger partial charge on any atom is 0.391 e. The number of anilines is 1. The molecular formula is C12H16F3N3OS. The van der Waals surface area contributed by atoms with E-state index in [-0.39, 0.29) is 25.3 Å². The number of rotatable bonds is 3. The number of likely N-dealkylation sites (tertiary alicyclic amines) is 1. The fourth-order valence-corrected chi connectivity index (χ4v) is 2.90. The van der Waals surface area contributed by atoms with Crippen LogP contribution < -0.4 is 5.32 Å². The number of carbonyl (C=O) groups is 1. The predicted octanol–water partition coefficient (Wildman–Crippen LogP) is 2.66. The minimum atomic E-state index is -4.12. The first-order valence-corrected chi connectivity index (χ1v) is 7.23. The largest absolute Gasteiger partial charge is 0.391 e. The van der Waals surface area contributed by atoms with Gasteiger partial charge < -0.3 is 5.32 Å². The number of hydrogen-bond donors (Lipinski definition) is 1. The molecule has 0 aromatic carbocycles. The van der Waals surface area contributed by atoms with Gasteiger partial charge in [-0.1, -0.05) is 0 Å². The van der Waals surface area contributed by atoms with Crippen LogP contribution in [0.15, 0.2) is 5.38 Å². The lowest BCUT2D eigenvalue weighted by Gasteiger charge is -2.32. The highest BCUT2D eigenvalue weighted by Gasteiger charge is 2.41. The fourth-order valence-electron chi connectivity index (χ4n) is 2.19. The molecule has 0 saturated carbocycles. The monoisotopic (exact) mass is 307 g/mol. The average Bonchev–Trinajstić information content (AvgIpc) is 2.74. The quantitative estimate of drug-likeness (QED) is 0.934. The minimum absolute atomic E-state index is 0.0626. The zero-order valence-corrected chi connectivity index (χ0v) is 11.9. The van der Waals surface area contributed by atoms with E-state index in [2.05, 4.69) is 10.3 Å². The second-order valence-corrected chi connectivity index (χ2v) is 5.79.